The van der Waals surface area contributed by atoms with Gasteiger partial charge in [0.25, 0.3) is 5.19 Å². The highest BCUT2D eigenvalue weighted by Crippen LogP contribution is 2.38. The van der Waals surface area contributed by atoms with Gasteiger partial charge in [-0.3, -0.25) is 9.69 Å². The van der Waals surface area contributed by atoms with Crippen LogP contribution in [0.25, 0.3) is 0 Å². The molecule has 1 aromatic carbocycles. The molecular formula is C23H29N3O2S. The lowest BCUT2D eigenvalue weighted by molar-refractivity contribution is -0.123. The van der Waals surface area contributed by atoms with Crippen LogP contribution in [0.3, 0.4) is 0 Å². The molecule has 5 nitrogen and oxygen atoms in total. The minimum atomic E-state index is 0.105. The van der Waals surface area contributed by atoms with Crippen molar-refractivity contribution in [1.82, 2.24) is 15.2 Å². The van der Waals surface area contributed by atoms with Gasteiger partial charge in [-0.25, -0.2) is 4.98 Å². The zero-order valence-electron chi connectivity index (χ0n) is 16.7. The van der Waals surface area contributed by atoms with Crippen molar-refractivity contribution in [3.05, 3.63) is 47.5 Å². The van der Waals surface area contributed by atoms with Crippen LogP contribution < -0.4 is 10.1 Å². The Hall–Kier alpha value is -1.92. The monoisotopic (exact) mass is 411 g/mol. The summed E-state index contributed by atoms with van der Waals surface area (Å²) in [6.07, 6.45) is 9.83. The predicted molar refractivity (Wildman–Crippen MR) is 114 cm³/mol. The number of benzene rings is 1. The van der Waals surface area contributed by atoms with Crippen LogP contribution in [-0.2, 0) is 4.79 Å². The molecule has 2 saturated heterocycles. The third kappa shape index (κ3) is 4.48. The number of hydrogen-bond acceptors (Lipinski definition) is 5. The molecule has 1 amide bonds. The summed E-state index contributed by atoms with van der Waals surface area (Å²) in [5.41, 5.74) is 1.22. The summed E-state index contributed by atoms with van der Waals surface area (Å²) in [5.74, 6) is 0.480. The van der Waals surface area contributed by atoms with Crippen molar-refractivity contribution in [3.63, 3.8) is 0 Å². The van der Waals surface area contributed by atoms with E-state index in [4.69, 9.17) is 4.74 Å². The van der Waals surface area contributed by atoms with E-state index in [0.717, 1.165) is 43.8 Å². The second kappa shape index (κ2) is 8.44. The highest BCUT2D eigenvalue weighted by Gasteiger charge is 2.42. The van der Waals surface area contributed by atoms with E-state index in [-0.39, 0.29) is 24.0 Å². The van der Waals surface area contributed by atoms with Crippen molar-refractivity contribution in [2.24, 2.45) is 5.92 Å². The van der Waals surface area contributed by atoms with E-state index in [1.54, 1.807) is 11.3 Å². The van der Waals surface area contributed by atoms with Gasteiger partial charge in [0.2, 0.25) is 5.91 Å². The van der Waals surface area contributed by atoms with Gasteiger partial charge in [0, 0.05) is 36.1 Å². The molecule has 3 heterocycles. The van der Waals surface area contributed by atoms with Gasteiger partial charge in [0.1, 0.15) is 6.10 Å². The van der Waals surface area contributed by atoms with Crippen LogP contribution in [-0.4, -0.2) is 40.5 Å². The number of ether oxygens (including phenoxy) is 1. The lowest BCUT2D eigenvalue weighted by atomic mass is 9.97. The number of carbonyl (C=O) groups excluding carboxylic acids is 1. The number of hydrogen-bond donors (Lipinski definition) is 1. The molecule has 0 radical (unpaired) electrons. The van der Waals surface area contributed by atoms with E-state index in [2.05, 4.69) is 39.5 Å². The lowest BCUT2D eigenvalue weighted by Gasteiger charge is -2.39. The molecule has 1 aliphatic carbocycles. The summed E-state index contributed by atoms with van der Waals surface area (Å²) in [6.45, 7) is 1.03. The van der Waals surface area contributed by atoms with Gasteiger partial charge in [-0.1, -0.05) is 41.7 Å². The Morgan fingerprint density at radius 1 is 1.17 bits per heavy atom. The highest BCUT2D eigenvalue weighted by molar-refractivity contribution is 7.11. The summed E-state index contributed by atoms with van der Waals surface area (Å²) in [5, 5.41) is 6.10. The number of rotatable bonds is 8. The fourth-order valence-corrected chi connectivity index (χ4v) is 5.57. The van der Waals surface area contributed by atoms with E-state index in [9.17, 15) is 4.79 Å². The maximum absolute atomic E-state index is 12.4. The van der Waals surface area contributed by atoms with E-state index in [0.29, 0.717) is 12.1 Å². The molecule has 0 unspecified atom stereocenters. The maximum atomic E-state index is 12.4. The molecule has 154 valence electrons. The molecule has 1 aromatic heterocycles. The first-order chi connectivity index (χ1) is 14.3. The molecule has 2 bridgehead atoms. The zero-order valence-corrected chi connectivity index (χ0v) is 17.5. The third-order valence-electron chi connectivity index (χ3n) is 6.66. The molecule has 3 atom stereocenters. The maximum Gasteiger partial charge on any atom is 0.273 e. The van der Waals surface area contributed by atoms with Crippen molar-refractivity contribution in [3.8, 4) is 5.19 Å². The van der Waals surface area contributed by atoms with Gasteiger partial charge < -0.3 is 10.1 Å². The smallest absolute Gasteiger partial charge is 0.273 e. The molecule has 6 heteroatoms. The number of amides is 1. The Kier molecular flexibility index (Phi) is 5.55. The van der Waals surface area contributed by atoms with Gasteiger partial charge in [0.05, 0.1) is 6.04 Å². The van der Waals surface area contributed by atoms with Gasteiger partial charge in [-0.2, -0.15) is 0 Å². The zero-order chi connectivity index (χ0) is 19.6. The Bertz CT molecular complexity index is 795. The van der Waals surface area contributed by atoms with E-state index < -0.39 is 0 Å². The van der Waals surface area contributed by atoms with E-state index in [1.807, 2.05) is 17.6 Å². The number of aromatic nitrogens is 1. The first-order valence-corrected chi connectivity index (χ1v) is 11.8. The van der Waals surface area contributed by atoms with Crippen LogP contribution in [0.5, 0.6) is 5.19 Å². The van der Waals surface area contributed by atoms with Crippen molar-refractivity contribution in [2.45, 2.75) is 69.2 Å². The SMILES string of the molecule is O=C(N[C@@H](CCN1[C@H]2CC[C@H]1CC(Oc1nccs1)C2)c1ccccc1)C1CC1. The molecule has 0 spiro atoms. The number of nitrogens with one attached hydrogen (secondary N) is 1. The van der Waals surface area contributed by atoms with Crippen molar-refractivity contribution in [2.75, 3.05) is 6.54 Å². The molecule has 2 aromatic rings. The Balaban J connectivity index is 1.20. The Morgan fingerprint density at radius 2 is 1.93 bits per heavy atom. The van der Waals surface area contributed by atoms with Crippen molar-refractivity contribution < 1.29 is 9.53 Å². The molecule has 29 heavy (non-hydrogen) atoms. The number of piperidine rings is 1. The molecule has 5 rings (SSSR count). The molecule has 2 aliphatic heterocycles. The standard InChI is InChI=1S/C23H29N3O2S/c27-22(17-6-7-17)25-21(16-4-2-1-3-5-16)10-12-26-18-8-9-19(26)15-20(14-18)28-23-24-11-13-29-23/h1-5,11,13,17-21H,6-10,12,14-15H2,(H,25,27)/t18-,19-,21-/m0/s1. The van der Waals surface area contributed by atoms with Crippen molar-refractivity contribution >= 4 is 17.2 Å². The van der Waals surface area contributed by atoms with Crippen LogP contribution in [0.15, 0.2) is 41.9 Å². The van der Waals surface area contributed by atoms with Crippen LogP contribution in [0, 0.1) is 5.92 Å². The van der Waals surface area contributed by atoms with Crippen LogP contribution in [0.1, 0.15) is 56.6 Å². The van der Waals surface area contributed by atoms with E-state index >= 15 is 0 Å². The predicted octanol–water partition coefficient (Wildman–Crippen LogP) is 4.17. The Morgan fingerprint density at radius 3 is 2.59 bits per heavy atom. The van der Waals surface area contributed by atoms with E-state index in [1.165, 1.54) is 18.4 Å². The molecule has 1 N–H and O–H groups in total. The number of carbonyl (C=O) groups is 1. The second-order valence-corrected chi connectivity index (χ2v) is 9.52. The number of thiazole rings is 1. The third-order valence-corrected chi connectivity index (χ3v) is 7.32. The molecular weight excluding hydrogens is 382 g/mol. The Labute approximate surface area is 176 Å². The first kappa shape index (κ1) is 19.1. The fourth-order valence-electron chi connectivity index (χ4n) is 5.02. The summed E-state index contributed by atoms with van der Waals surface area (Å²) in [6, 6.07) is 11.7. The highest BCUT2D eigenvalue weighted by atomic mass is 32.1. The van der Waals surface area contributed by atoms with Crippen LogP contribution in [0.2, 0.25) is 0 Å². The molecule has 1 saturated carbocycles. The quantitative estimate of drug-likeness (QED) is 0.708. The summed E-state index contributed by atoms with van der Waals surface area (Å²) in [4.78, 5) is 19.4. The van der Waals surface area contributed by atoms with Gasteiger partial charge in [-0.05, 0) is 50.5 Å². The van der Waals surface area contributed by atoms with Crippen molar-refractivity contribution in [1.29, 1.82) is 0 Å². The molecule has 3 fully saturated rings. The lowest BCUT2D eigenvalue weighted by Crippen LogP contribution is -2.47. The summed E-state index contributed by atoms with van der Waals surface area (Å²) >= 11 is 1.58. The van der Waals surface area contributed by atoms with Crippen LogP contribution >= 0.6 is 11.3 Å². The van der Waals surface area contributed by atoms with Gasteiger partial charge >= 0.3 is 0 Å². The van der Waals surface area contributed by atoms with Crippen LogP contribution in [0.4, 0.5) is 0 Å². The summed E-state index contributed by atoms with van der Waals surface area (Å²) in [7, 11) is 0. The summed E-state index contributed by atoms with van der Waals surface area (Å²) < 4.78 is 6.13. The minimum Gasteiger partial charge on any atom is -0.467 e. The largest absolute Gasteiger partial charge is 0.467 e. The van der Waals surface area contributed by atoms with Gasteiger partial charge in [-0.15, -0.1) is 0 Å². The normalized spacial score (nSPS) is 27.5. The second-order valence-electron chi connectivity index (χ2n) is 8.67. The fraction of sp³-hybridized carbons (Fsp3) is 0.565. The first-order valence-electron chi connectivity index (χ1n) is 10.9. The average molecular weight is 412 g/mol. The molecule has 3 aliphatic rings. The number of nitrogens with zero attached hydrogens (tertiary/aromatic N) is 2. The number of fused-ring (bicyclic) bond motifs is 2. The average Bonchev–Trinajstić information content (AvgIpc) is 3.42. The topological polar surface area (TPSA) is 54.5 Å². The minimum absolute atomic E-state index is 0.105. The van der Waals surface area contributed by atoms with Gasteiger partial charge in [0.15, 0.2) is 0 Å².